The Labute approximate surface area is 203 Å². The monoisotopic (exact) mass is 464 g/mol. The van der Waals surface area contributed by atoms with Gasteiger partial charge in [0.2, 0.25) is 0 Å². The van der Waals surface area contributed by atoms with Crippen LogP contribution < -0.4 is 4.74 Å². The van der Waals surface area contributed by atoms with Gasteiger partial charge in [0.1, 0.15) is 24.3 Å². The smallest absolute Gasteiger partial charge is 0.306 e. The van der Waals surface area contributed by atoms with Gasteiger partial charge in [-0.3, -0.25) is 4.79 Å². The SMILES string of the molecule is CCCCC(=O)O[C@@H]1CC[C@H]2[C@H]3CCc4cc(OCc5ccccc5F)ccc4[C@H]3CC[C@]12C. The molecule has 2 fully saturated rings. The Morgan fingerprint density at radius 2 is 1.97 bits per heavy atom. The number of unbranched alkanes of at least 4 members (excludes halogenated alkanes) is 1. The van der Waals surface area contributed by atoms with Gasteiger partial charge < -0.3 is 9.47 Å². The Balaban J connectivity index is 1.27. The first-order valence-electron chi connectivity index (χ1n) is 13.2. The largest absolute Gasteiger partial charge is 0.489 e. The van der Waals surface area contributed by atoms with Crippen molar-refractivity contribution in [2.24, 2.45) is 17.3 Å². The van der Waals surface area contributed by atoms with Crippen LogP contribution >= 0.6 is 0 Å². The van der Waals surface area contributed by atoms with Crippen LogP contribution in [0.3, 0.4) is 0 Å². The Morgan fingerprint density at radius 1 is 1.12 bits per heavy atom. The number of halogens is 1. The summed E-state index contributed by atoms with van der Waals surface area (Å²) in [6, 6.07) is 13.3. The Morgan fingerprint density at radius 3 is 2.79 bits per heavy atom. The van der Waals surface area contributed by atoms with Crippen molar-refractivity contribution >= 4 is 5.97 Å². The summed E-state index contributed by atoms with van der Waals surface area (Å²) in [6.07, 6.45) is 9.27. The molecule has 182 valence electrons. The zero-order valence-electron chi connectivity index (χ0n) is 20.5. The molecule has 0 aromatic heterocycles. The van der Waals surface area contributed by atoms with E-state index in [1.807, 2.05) is 6.07 Å². The van der Waals surface area contributed by atoms with E-state index in [0.29, 0.717) is 29.7 Å². The van der Waals surface area contributed by atoms with Gasteiger partial charge in [0.15, 0.2) is 0 Å². The molecule has 5 atom stereocenters. The van der Waals surface area contributed by atoms with Crippen molar-refractivity contribution in [3.05, 3.63) is 65.0 Å². The summed E-state index contributed by atoms with van der Waals surface area (Å²) in [5, 5.41) is 0. The summed E-state index contributed by atoms with van der Waals surface area (Å²) < 4.78 is 25.9. The topological polar surface area (TPSA) is 35.5 Å². The summed E-state index contributed by atoms with van der Waals surface area (Å²) in [5.41, 5.74) is 3.55. The number of benzene rings is 2. The third kappa shape index (κ3) is 4.36. The van der Waals surface area contributed by atoms with Crippen molar-refractivity contribution in [3.63, 3.8) is 0 Å². The van der Waals surface area contributed by atoms with E-state index in [1.165, 1.54) is 30.0 Å². The molecule has 0 amide bonds. The molecule has 5 rings (SSSR count). The average Bonchev–Trinajstić information content (AvgIpc) is 3.17. The van der Waals surface area contributed by atoms with Crippen LogP contribution in [0.25, 0.3) is 0 Å². The van der Waals surface area contributed by atoms with E-state index in [4.69, 9.17) is 9.47 Å². The molecule has 0 N–H and O–H groups in total. The van der Waals surface area contributed by atoms with Gasteiger partial charge in [-0.05, 0) is 92.0 Å². The van der Waals surface area contributed by atoms with Crippen LogP contribution in [0.1, 0.15) is 87.8 Å². The minimum absolute atomic E-state index is 0.00671. The van der Waals surface area contributed by atoms with Crippen molar-refractivity contribution in [1.29, 1.82) is 0 Å². The first-order chi connectivity index (χ1) is 16.5. The van der Waals surface area contributed by atoms with Gasteiger partial charge in [-0.15, -0.1) is 0 Å². The number of rotatable bonds is 7. The summed E-state index contributed by atoms with van der Waals surface area (Å²) in [7, 11) is 0. The third-order valence-electron chi connectivity index (χ3n) is 8.97. The van der Waals surface area contributed by atoms with Gasteiger partial charge in [-0.1, -0.05) is 44.5 Å². The van der Waals surface area contributed by atoms with Crippen LogP contribution in [0.5, 0.6) is 5.75 Å². The molecule has 34 heavy (non-hydrogen) atoms. The quantitative estimate of drug-likeness (QED) is 0.402. The first kappa shape index (κ1) is 23.4. The van der Waals surface area contributed by atoms with Crippen molar-refractivity contribution < 1.29 is 18.7 Å². The molecule has 2 aromatic rings. The lowest BCUT2D eigenvalue weighted by atomic mass is 9.55. The second-order valence-electron chi connectivity index (χ2n) is 10.9. The minimum atomic E-state index is -0.223. The molecule has 0 radical (unpaired) electrons. The molecule has 4 heteroatoms. The zero-order chi connectivity index (χ0) is 23.7. The highest BCUT2D eigenvalue weighted by atomic mass is 19.1. The number of fused-ring (bicyclic) bond motifs is 5. The molecule has 0 saturated heterocycles. The van der Waals surface area contributed by atoms with Crippen LogP contribution in [-0.4, -0.2) is 12.1 Å². The predicted molar refractivity (Wildman–Crippen MR) is 131 cm³/mol. The van der Waals surface area contributed by atoms with Gasteiger partial charge in [0.25, 0.3) is 0 Å². The highest BCUT2D eigenvalue weighted by Gasteiger charge is 2.56. The fraction of sp³-hybridized carbons (Fsp3) is 0.567. The lowest BCUT2D eigenvalue weighted by Gasteiger charge is -2.50. The Kier molecular flexibility index (Phi) is 6.68. The molecular formula is C30H37FO3. The summed E-state index contributed by atoms with van der Waals surface area (Å²) >= 11 is 0. The van der Waals surface area contributed by atoms with Crippen molar-refractivity contribution in [3.8, 4) is 5.75 Å². The lowest BCUT2D eigenvalue weighted by molar-refractivity contribution is -0.157. The predicted octanol–water partition coefficient (Wildman–Crippen LogP) is 7.36. The number of hydrogen-bond donors (Lipinski definition) is 0. The van der Waals surface area contributed by atoms with Gasteiger partial charge in [0.05, 0.1) is 0 Å². The number of hydrogen-bond acceptors (Lipinski definition) is 3. The molecule has 2 aromatic carbocycles. The van der Waals surface area contributed by atoms with Crippen LogP contribution in [0.15, 0.2) is 42.5 Å². The number of ether oxygens (including phenoxy) is 2. The van der Waals surface area contributed by atoms with Gasteiger partial charge in [-0.2, -0.15) is 0 Å². The fourth-order valence-electron chi connectivity index (χ4n) is 7.11. The summed E-state index contributed by atoms with van der Waals surface area (Å²) in [5.74, 6) is 2.46. The van der Waals surface area contributed by atoms with E-state index in [0.717, 1.165) is 44.3 Å². The maximum atomic E-state index is 13.9. The molecule has 0 unspecified atom stereocenters. The van der Waals surface area contributed by atoms with E-state index in [-0.39, 0.29) is 29.9 Å². The highest BCUT2D eigenvalue weighted by molar-refractivity contribution is 5.69. The first-order valence-corrected chi connectivity index (χ1v) is 13.2. The maximum absolute atomic E-state index is 13.9. The molecular weight excluding hydrogens is 427 g/mol. The second kappa shape index (κ2) is 9.71. The van der Waals surface area contributed by atoms with Crippen LogP contribution in [-0.2, 0) is 22.6 Å². The minimum Gasteiger partial charge on any atom is -0.489 e. The number of esters is 1. The number of aryl methyl sites for hydroxylation is 1. The number of carbonyl (C=O) groups excluding carboxylic acids is 1. The van der Waals surface area contributed by atoms with E-state index in [1.54, 1.807) is 12.1 Å². The second-order valence-corrected chi connectivity index (χ2v) is 10.9. The zero-order valence-corrected chi connectivity index (χ0v) is 20.5. The third-order valence-corrected chi connectivity index (χ3v) is 8.97. The summed E-state index contributed by atoms with van der Waals surface area (Å²) in [6.45, 7) is 4.74. The van der Waals surface area contributed by atoms with Gasteiger partial charge >= 0.3 is 5.97 Å². The normalized spacial score (nSPS) is 29.6. The number of carbonyl (C=O) groups is 1. The standard InChI is InChI=1S/C30H37FO3/c1-3-4-9-29(32)34-28-15-14-26-25-12-10-20-18-22(33-19-21-7-5-6-8-27(21)31)11-13-23(20)24(25)16-17-30(26,28)2/h5-8,11,13,18,24-26,28H,3-4,9-10,12,14-17,19H2,1-2H3/t24-,25+,26+,28-,30+/m1/s1. The van der Waals surface area contributed by atoms with Gasteiger partial charge in [-0.25, -0.2) is 4.39 Å². The molecule has 0 aliphatic heterocycles. The van der Waals surface area contributed by atoms with E-state index >= 15 is 0 Å². The van der Waals surface area contributed by atoms with E-state index in [9.17, 15) is 9.18 Å². The fourth-order valence-corrected chi connectivity index (χ4v) is 7.11. The van der Waals surface area contributed by atoms with Crippen LogP contribution in [0.4, 0.5) is 4.39 Å². The molecule has 0 bridgehead atoms. The molecule has 2 saturated carbocycles. The Bertz CT molecular complexity index is 1030. The Hall–Kier alpha value is -2.36. The van der Waals surface area contributed by atoms with Gasteiger partial charge in [0, 0.05) is 17.4 Å². The molecule has 3 nitrogen and oxygen atoms in total. The van der Waals surface area contributed by atoms with Crippen molar-refractivity contribution in [1.82, 2.24) is 0 Å². The average molecular weight is 465 g/mol. The van der Waals surface area contributed by atoms with Crippen molar-refractivity contribution in [2.75, 3.05) is 0 Å². The lowest BCUT2D eigenvalue weighted by Crippen LogP contribution is -2.45. The maximum Gasteiger partial charge on any atom is 0.306 e. The molecule has 3 aliphatic rings. The van der Waals surface area contributed by atoms with Crippen LogP contribution in [0.2, 0.25) is 0 Å². The molecule has 3 aliphatic carbocycles. The van der Waals surface area contributed by atoms with Crippen LogP contribution in [0, 0.1) is 23.1 Å². The molecule has 0 spiro atoms. The van der Waals surface area contributed by atoms with E-state index < -0.39 is 0 Å². The molecule has 0 heterocycles. The van der Waals surface area contributed by atoms with Crippen molar-refractivity contribution in [2.45, 2.75) is 90.3 Å². The summed E-state index contributed by atoms with van der Waals surface area (Å²) in [4.78, 5) is 12.4. The van der Waals surface area contributed by atoms with E-state index in [2.05, 4.69) is 32.0 Å². The highest BCUT2D eigenvalue weighted by Crippen LogP contribution is 2.61.